The number of fused-ring (bicyclic) bond motifs is 1. The minimum Gasteiger partial charge on any atom is -0.493 e. The molecule has 0 radical (unpaired) electrons. The molecule has 1 aliphatic heterocycles. The van der Waals surface area contributed by atoms with E-state index < -0.39 is 26.3 Å². The Kier molecular flexibility index (Phi) is 5.48. The number of aryl methyl sites for hydroxylation is 1. The van der Waals surface area contributed by atoms with Crippen molar-refractivity contribution in [3.8, 4) is 11.5 Å². The summed E-state index contributed by atoms with van der Waals surface area (Å²) in [6.45, 7) is 1.89. The van der Waals surface area contributed by atoms with Crippen LogP contribution < -0.4 is 14.4 Å². The summed E-state index contributed by atoms with van der Waals surface area (Å²) in [5.74, 6) is -0.588. The number of ether oxygens (including phenoxy) is 2. The van der Waals surface area contributed by atoms with E-state index in [0.29, 0.717) is 17.2 Å². The van der Waals surface area contributed by atoms with Crippen LogP contribution in [0.2, 0.25) is 0 Å². The fourth-order valence-corrected chi connectivity index (χ4v) is 5.10. The molecule has 164 valence electrons. The van der Waals surface area contributed by atoms with Gasteiger partial charge in [0.1, 0.15) is 10.7 Å². The van der Waals surface area contributed by atoms with Gasteiger partial charge in [-0.15, -0.1) is 0 Å². The van der Waals surface area contributed by atoms with E-state index in [1.54, 1.807) is 12.1 Å². The minimum absolute atomic E-state index is 0.118. The van der Waals surface area contributed by atoms with E-state index in [-0.39, 0.29) is 16.1 Å². The molecule has 0 N–H and O–H groups in total. The maximum Gasteiger partial charge on any atom is 0.214 e. The molecule has 0 spiro atoms. The van der Waals surface area contributed by atoms with Crippen molar-refractivity contribution < 1.29 is 27.1 Å². The Bertz CT molecular complexity index is 1360. The van der Waals surface area contributed by atoms with Crippen LogP contribution in [0.4, 0.5) is 15.8 Å². The molecule has 1 heterocycles. The normalized spacial score (nSPS) is 14.4. The Morgan fingerprint density at radius 1 is 0.938 bits per heavy atom. The van der Waals surface area contributed by atoms with E-state index in [1.807, 2.05) is 19.1 Å². The van der Waals surface area contributed by atoms with Gasteiger partial charge in [0.2, 0.25) is 15.6 Å². The highest BCUT2D eigenvalue weighted by atomic mass is 32.2. The lowest BCUT2D eigenvalue weighted by atomic mass is 10.1. The number of carbonyl (C=O) groups is 1. The Hall–Kier alpha value is -3.65. The molecular formula is C24H20FNO5S. The fourth-order valence-electron chi connectivity index (χ4n) is 3.57. The number of sulfone groups is 1. The molecule has 3 aromatic rings. The summed E-state index contributed by atoms with van der Waals surface area (Å²) in [4.78, 5) is 14.3. The number of hydrogen-bond donors (Lipinski definition) is 0. The molecule has 0 unspecified atom stereocenters. The summed E-state index contributed by atoms with van der Waals surface area (Å²) >= 11 is 0. The van der Waals surface area contributed by atoms with Crippen molar-refractivity contribution in [1.29, 1.82) is 0 Å². The van der Waals surface area contributed by atoms with Crippen LogP contribution in [0, 0.1) is 12.7 Å². The highest BCUT2D eigenvalue weighted by Crippen LogP contribution is 2.41. The number of nitrogens with zero attached hydrogens (tertiary/aromatic N) is 1. The van der Waals surface area contributed by atoms with Crippen molar-refractivity contribution in [2.24, 2.45) is 0 Å². The molecule has 0 aromatic heterocycles. The highest BCUT2D eigenvalue weighted by molar-refractivity contribution is 7.96. The Morgan fingerprint density at radius 2 is 1.69 bits per heavy atom. The summed E-state index contributed by atoms with van der Waals surface area (Å²) in [5, 5.41) is 0. The summed E-state index contributed by atoms with van der Waals surface area (Å²) < 4.78 is 51.2. The van der Waals surface area contributed by atoms with Crippen LogP contribution in [0.1, 0.15) is 15.9 Å². The van der Waals surface area contributed by atoms with E-state index >= 15 is 0 Å². The molecular weight excluding hydrogens is 433 g/mol. The molecule has 1 aliphatic rings. The Balaban J connectivity index is 1.91. The van der Waals surface area contributed by atoms with Gasteiger partial charge in [0.25, 0.3) is 0 Å². The lowest BCUT2D eigenvalue weighted by Crippen LogP contribution is -2.26. The number of hydrogen-bond acceptors (Lipinski definition) is 6. The summed E-state index contributed by atoms with van der Waals surface area (Å²) in [5.41, 5.74) is 1.78. The Labute approximate surface area is 185 Å². The number of Topliss-reactive ketones (excluding diaryl/α,β-unsaturated/α-hetero) is 1. The van der Waals surface area contributed by atoms with Crippen molar-refractivity contribution in [2.45, 2.75) is 11.8 Å². The third kappa shape index (κ3) is 3.62. The molecule has 0 fully saturated rings. The minimum atomic E-state index is -4.20. The maximum absolute atomic E-state index is 14.1. The van der Waals surface area contributed by atoms with Gasteiger partial charge in [-0.2, -0.15) is 0 Å². The van der Waals surface area contributed by atoms with Crippen LogP contribution in [-0.4, -0.2) is 28.4 Å². The van der Waals surface area contributed by atoms with E-state index in [2.05, 4.69) is 0 Å². The van der Waals surface area contributed by atoms with Gasteiger partial charge < -0.3 is 14.4 Å². The number of anilines is 2. The summed E-state index contributed by atoms with van der Waals surface area (Å²) in [7, 11) is -1.32. The number of carbonyl (C=O) groups excluding carboxylic acids is 1. The van der Waals surface area contributed by atoms with Crippen LogP contribution in [-0.2, 0) is 9.84 Å². The monoisotopic (exact) mass is 453 g/mol. The maximum atomic E-state index is 14.1. The first kappa shape index (κ1) is 21.6. The number of ketones is 1. The topological polar surface area (TPSA) is 72.9 Å². The van der Waals surface area contributed by atoms with Crippen molar-refractivity contribution >= 4 is 27.0 Å². The van der Waals surface area contributed by atoms with Crippen LogP contribution in [0.5, 0.6) is 11.5 Å². The summed E-state index contributed by atoms with van der Waals surface area (Å²) in [6.07, 6.45) is 1.24. The fraction of sp³-hybridized carbons (Fsp3) is 0.125. The van der Waals surface area contributed by atoms with Gasteiger partial charge in [-0.05, 0) is 61.0 Å². The first-order valence-electron chi connectivity index (χ1n) is 9.65. The van der Waals surface area contributed by atoms with E-state index in [9.17, 15) is 17.6 Å². The number of benzene rings is 3. The SMILES string of the molecule is COc1ccc(C(=O)C2=CN(c3cccc(C)c3)c3cc(F)ccc3S2(=O)=O)cc1OC. The second-order valence-corrected chi connectivity index (χ2v) is 9.10. The van der Waals surface area contributed by atoms with Gasteiger partial charge in [0.15, 0.2) is 11.5 Å². The van der Waals surface area contributed by atoms with Crippen LogP contribution in [0.3, 0.4) is 0 Å². The number of rotatable bonds is 5. The van der Waals surface area contributed by atoms with Crippen molar-refractivity contribution in [1.82, 2.24) is 0 Å². The second-order valence-electron chi connectivity index (χ2n) is 7.22. The molecule has 0 saturated heterocycles. The molecule has 0 aliphatic carbocycles. The lowest BCUT2D eigenvalue weighted by molar-refractivity contribution is 0.104. The molecule has 4 rings (SSSR count). The van der Waals surface area contributed by atoms with Crippen LogP contribution in [0.25, 0.3) is 0 Å². The van der Waals surface area contributed by atoms with Gasteiger partial charge in [0, 0.05) is 17.5 Å². The first-order valence-corrected chi connectivity index (χ1v) is 11.1. The van der Waals surface area contributed by atoms with Crippen molar-refractivity contribution in [3.05, 3.63) is 88.7 Å². The molecule has 0 bridgehead atoms. The zero-order valence-electron chi connectivity index (χ0n) is 17.6. The zero-order chi connectivity index (χ0) is 23.0. The standard InChI is InChI=1S/C24H20FNO5S/c1-15-5-4-6-18(11-15)26-14-23(32(28,29)22-10-8-17(25)13-19(22)26)24(27)16-7-9-20(30-2)21(12-16)31-3/h4-14H,1-3H3. The molecule has 0 atom stereocenters. The van der Waals surface area contributed by atoms with Gasteiger partial charge in [0.05, 0.1) is 24.8 Å². The third-order valence-corrected chi connectivity index (χ3v) is 6.95. The average molecular weight is 453 g/mol. The predicted octanol–water partition coefficient (Wildman–Crippen LogP) is 4.80. The lowest BCUT2D eigenvalue weighted by Gasteiger charge is -2.29. The second kappa shape index (κ2) is 8.12. The summed E-state index contributed by atoms with van der Waals surface area (Å²) in [6, 6.07) is 15.1. The third-order valence-electron chi connectivity index (χ3n) is 5.16. The van der Waals surface area contributed by atoms with Crippen molar-refractivity contribution in [2.75, 3.05) is 19.1 Å². The van der Waals surface area contributed by atoms with Gasteiger partial charge in [-0.25, -0.2) is 12.8 Å². The molecule has 0 amide bonds. The molecule has 0 saturated carbocycles. The van der Waals surface area contributed by atoms with E-state index in [0.717, 1.165) is 17.7 Å². The smallest absolute Gasteiger partial charge is 0.214 e. The zero-order valence-corrected chi connectivity index (χ0v) is 18.4. The largest absolute Gasteiger partial charge is 0.493 e. The number of methoxy groups -OCH3 is 2. The highest BCUT2D eigenvalue weighted by Gasteiger charge is 2.36. The number of halogens is 1. The van der Waals surface area contributed by atoms with E-state index in [4.69, 9.17) is 9.47 Å². The van der Waals surface area contributed by atoms with Crippen molar-refractivity contribution in [3.63, 3.8) is 0 Å². The van der Waals surface area contributed by atoms with Gasteiger partial charge in [-0.3, -0.25) is 4.79 Å². The molecule has 6 nitrogen and oxygen atoms in total. The molecule has 32 heavy (non-hydrogen) atoms. The number of allylic oxidation sites excluding steroid dienone is 1. The molecule has 3 aromatic carbocycles. The van der Waals surface area contributed by atoms with Crippen LogP contribution in [0.15, 0.2) is 76.7 Å². The average Bonchev–Trinajstić information content (AvgIpc) is 2.78. The quantitative estimate of drug-likeness (QED) is 0.408. The van der Waals surface area contributed by atoms with Gasteiger partial charge >= 0.3 is 0 Å². The first-order chi connectivity index (χ1) is 15.3. The van der Waals surface area contributed by atoms with Gasteiger partial charge in [-0.1, -0.05) is 12.1 Å². The Morgan fingerprint density at radius 3 is 2.38 bits per heavy atom. The van der Waals surface area contributed by atoms with Crippen LogP contribution >= 0.6 is 0 Å². The predicted molar refractivity (Wildman–Crippen MR) is 119 cm³/mol. The van der Waals surface area contributed by atoms with E-state index in [1.165, 1.54) is 49.6 Å². The molecule has 8 heteroatoms.